The van der Waals surface area contributed by atoms with Crippen molar-refractivity contribution in [3.8, 4) is 0 Å². The minimum absolute atomic E-state index is 0.0858. The van der Waals surface area contributed by atoms with Gasteiger partial charge in [-0.3, -0.25) is 0 Å². The van der Waals surface area contributed by atoms with Gasteiger partial charge in [0.2, 0.25) is 0 Å². The highest BCUT2D eigenvalue weighted by Gasteiger charge is 2.23. The van der Waals surface area contributed by atoms with Crippen LogP contribution in [0.4, 0.5) is 0 Å². The van der Waals surface area contributed by atoms with Crippen LogP contribution in [0.2, 0.25) is 5.02 Å². The van der Waals surface area contributed by atoms with Crippen LogP contribution >= 0.6 is 23.2 Å². The van der Waals surface area contributed by atoms with E-state index in [1.807, 2.05) is 0 Å². The number of aliphatic hydroxyl groups excluding tert-OH is 2. The second-order valence-corrected chi connectivity index (χ2v) is 4.34. The van der Waals surface area contributed by atoms with Gasteiger partial charge in [-0.1, -0.05) is 11.6 Å². The van der Waals surface area contributed by atoms with Crippen LogP contribution in [0, 0.1) is 0 Å². The molecule has 0 aromatic heterocycles. The molecule has 2 unspecified atom stereocenters. The molecule has 6 heteroatoms. The molecule has 0 aliphatic carbocycles. The van der Waals surface area contributed by atoms with Gasteiger partial charge in [-0.15, -0.1) is 11.6 Å². The van der Waals surface area contributed by atoms with Crippen LogP contribution in [0.25, 0.3) is 0 Å². The lowest BCUT2D eigenvalue weighted by atomic mass is 9.97. The molecule has 1 rings (SSSR count). The summed E-state index contributed by atoms with van der Waals surface area (Å²) in [6.45, 7) is 0. The monoisotopic (exact) mass is 278 g/mol. The third-order valence-corrected chi connectivity index (χ3v) is 2.79. The van der Waals surface area contributed by atoms with E-state index in [0.29, 0.717) is 5.02 Å². The van der Waals surface area contributed by atoms with Crippen LogP contribution in [0.5, 0.6) is 0 Å². The van der Waals surface area contributed by atoms with Gasteiger partial charge < -0.3 is 15.3 Å². The Kier molecular flexibility index (Phi) is 5.21. The normalized spacial score (nSPS) is 14.4. The van der Waals surface area contributed by atoms with Gasteiger partial charge >= 0.3 is 5.97 Å². The smallest absolute Gasteiger partial charge is 0.336 e. The van der Waals surface area contributed by atoms with E-state index in [1.54, 1.807) is 0 Å². The minimum Gasteiger partial charge on any atom is -0.478 e. The topological polar surface area (TPSA) is 77.8 Å². The Hall–Kier alpha value is -0.810. The first-order valence-corrected chi connectivity index (χ1v) is 5.83. The van der Waals surface area contributed by atoms with Crippen molar-refractivity contribution in [2.45, 2.75) is 18.6 Å². The Morgan fingerprint density at radius 3 is 2.53 bits per heavy atom. The third-order valence-electron chi connectivity index (χ3n) is 2.33. The summed E-state index contributed by atoms with van der Waals surface area (Å²) in [4.78, 5) is 11.0. The van der Waals surface area contributed by atoms with Crippen molar-refractivity contribution in [2.75, 3.05) is 5.88 Å². The first-order chi connectivity index (χ1) is 7.97. The summed E-state index contributed by atoms with van der Waals surface area (Å²) in [5, 5.41) is 28.7. The maximum Gasteiger partial charge on any atom is 0.336 e. The fourth-order valence-electron chi connectivity index (χ4n) is 1.45. The second-order valence-electron chi connectivity index (χ2n) is 3.53. The Morgan fingerprint density at radius 2 is 2.00 bits per heavy atom. The van der Waals surface area contributed by atoms with E-state index < -0.39 is 18.2 Å². The number of hydrogen-bond acceptors (Lipinski definition) is 3. The number of aromatic carboxylic acids is 1. The maximum atomic E-state index is 11.0. The zero-order valence-electron chi connectivity index (χ0n) is 8.81. The van der Waals surface area contributed by atoms with E-state index in [-0.39, 0.29) is 23.4 Å². The van der Waals surface area contributed by atoms with Crippen LogP contribution in [-0.2, 0) is 0 Å². The molecule has 0 saturated carbocycles. The predicted octanol–water partition coefficient (Wildman–Crippen LogP) is 2.06. The largest absolute Gasteiger partial charge is 0.478 e. The second kappa shape index (κ2) is 6.21. The van der Waals surface area contributed by atoms with Crippen molar-refractivity contribution in [3.05, 3.63) is 34.3 Å². The molecule has 0 aliphatic heterocycles. The summed E-state index contributed by atoms with van der Waals surface area (Å²) in [6, 6.07) is 4.03. The van der Waals surface area contributed by atoms with Crippen molar-refractivity contribution >= 4 is 29.2 Å². The molecule has 0 fully saturated rings. The fraction of sp³-hybridized carbons (Fsp3) is 0.364. The van der Waals surface area contributed by atoms with E-state index in [2.05, 4.69) is 0 Å². The molecule has 1 aromatic carbocycles. The molecule has 0 bridgehead atoms. The molecule has 2 atom stereocenters. The summed E-state index contributed by atoms with van der Waals surface area (Å²) >= 11 is 11.2. The van der Waals surface area contributed by atoms with Gasteiger partial charge in [0.1, 0.15) is 6.10 Å². The van der Waals surface area contributed by atoms with Crippen LogP contribution in [0.15, 0.2) is 18.2 Å². The van der Waals surface area contributed by atoms with Gasteiger partial charge in [0.15, 0.2) is 0 Å². The van der Waals surface area contributed by atoms with E-state index >= 15 is 0 Å². The highest BCUT2D eigenvalue weighted by Crippen LogP contribution is 2.26. The van der Waals surface area contributed by atoms with Gasteiger partial charge in [-0.05, 0) is 30.2 Å². The quantitative estimate of drug-likeness (QED) is 0.721. The van der Waals surface area contributed by atoms with E-state index in [1.165, 1.54) is 18.2 Å². The fourth-order valence-corrected chi connectivity index (χ4v) is 1.85. The zero-order chi connectivity index (χ0) is 13.0. The number of benzene rings is 1. The number of aliphatic hydroxyl groups is 2. The molecule has 0 heterocycles. The molecule has 0 radical (unpaired) electrons. The van der Waals surface area contributed by atoms with Gasteiger partial charge in [0.05, 0.1) is 11.7 Å². The molecule has 17 heavy (non-hydrogen) atoms. The molecule has 3 N–H and O–H groups in total. The third kappa shape index (κ3) is 3.57. The van der Waals surface area contributed by atoms with Crippen molar-refractivity contribution in [1.29, 1.82) is 0 Å². The predicted molar refractivity (Wildman–Crippen MR) is 64.7 cm³/mol. The van der Waals surface area contributed by atoms with E-state index in [4.69, 9.17) is 28.3 Å². The Balaban J connectivity index is 3.10. The lowest BCUT2D eigenvalue weighted by molar-refractivity contribution is 0.0160. The molecule has 0 spiro atoms. The average molecular weight is 279 g/mol. The highest BCUT2D eigenvalue weighted by molar-refractivity contribution is 6.30. The van der Waals surface area contributed by atoms with Crippen molar-refractivity contribution < 1.29 is 20.1 Å². The van der Waals surface area contributed by atoms with Gasteiger partial charge in [-0.2, -0.15) is 0 Å². The van der Waals surface area contributed by atoms with Gasteiger partial charge in [-0.25, -0.2) is 4.79 Å². The minimum atomic E-state index is -1.32. The summed E-state index contributed by atoms with van der Waals surface area (Å²) in [5.41, 5.74) is -0.00172. The molecule has 1 aromatic rings. The molecule has 94 valence electrons. The average Bonchev–Trinajstić information content (AvgIpc) is 2.27. The van der Waals surface area contributed by atoms with E-state index in [0.717, 1.165) is 0 Å². The Morgan fingerprint density at radius 1 is 1.35 bits per heavy atom. The highest BCUT2D eigenvalue weighted by atomic mass is 35.5. The number of halogens is 2. The number of carboxylic acid groups (broad SMARTS) is 1. The molecule has 0 amide bonds. The molecular formula is C11H12Cl2O4. The summed E-state index contributed by atoms with van der Waals surface area (Å²) in [5.74, 6) is -1.02. The van der Waals surface area contributed by atoms with Crippen molar-refractivity contribution in [2.24, 2.45) is 0 Å². The first kappa shape index (κ1) is 14.3. The lowest BCUT2D eigenvalue weighted by Crippen LogP contribution is -2.21. The summed E-state index contributed by atoms with van der Waals surface area (Å²) < 4.78 is 0. The molecule has 0 aliphatic rings. The van der Waals surface area contributed by atoms with Crippen LogP contribution in [-0.4, -0.2) is 33.3 Å². The van der Waals surface area contributed by atoms with Crippen molar-refractivity contribution in [1.82, 2.24) is 0 Å². The number of carboxylic acids is 1. The van der Waals surface area contributed by atoms with Crippen LogP contribution in [0.1, 0.15) is 28.4 Å². The van der Waals surface area contributed by atoms with Gasteiger partial charge in [0.25, 0.3) is 0 Å². The van der Waals surface area contributed by atoms with Crippen LogP contribution < -0.4 is 0 Å². The number of carbonyl (C=O) groups is 1. The SMILES string of the molecule is O=C(O)c1ccc(Cl)cc1C(O)C(O)CCCl. The van der Waals surface area contributed by atoms with Gasteiger partial charge in [0, 0.05) is 10.9 Å². The molecular weight excluding hydrogens is 267 g/mol. The maximum absolute atomic E-state index is 11.0. The molecule has 0 saturated heterocycles. The number of rotatable bonds is 5. The lowest BCUT2D eigenvalue weighted by Gasteiger charge is -2.19. The number of alkyl halides is 1. The standard InChI is InChI=1S/C11H12Cl2O4/c12-4-3-9(14)10(15)8-5-6(13)1-2-7(8)11(16)17/h1-2,5,9-10,14-15H,3-4H2,(H,16,17). The number of hydrogen-bond donors (Lipinski definition) is 3. The summed E-state index contributed by atoms with van der Waals surface area (Å²) in [6.07, 6.45) is -2.28. The Labute approximate surface area is 108 Å². The van der Waals surface area contributed by atoms with Crippen LogP contribution in [0.3, 0.4) is 0 Å². The molecule has 4 nitrogen and oxygen atoms in total. The zero-order valence-corrected chi connectivity index (χ0v) is 10.3. The Bertz CT molecular complexity index is 408. The van der Waals surface area contributed by atoms with E-state index in [9.17, 15) is 15.0 Å². The first-order valence-electron chi connectivity index (χ1n) is 4.92. The van der Waals surface area contributed by atoms with Crippen molar-refractivity contribution in [3.63, 3.8) is 0 Å². The summed E-state index contributed by atoms with van der Waals surface area (Å²) in [7, 11) is 0.